The molecule has 1 atom stereocenters. The number of rotatable bonds is 5. The minimum absolute atomic E-state index is 0. The van der Waals surface area contributed by atoms with Crippen LogP contribution in [0.3, 0.4) is 0 Å². The average molecular weight is 443 g/mol. The molecule has 1 aliphatic heterocycles. The van der Waals surface area contributed by atoms with E-state index in [4.69, 9.17) is 4.74 Å². The average Bonchev–Trinajstić information content (AvgIpc) is 2.97. The zero-order valence-corrected chi connectivity index (χ0v) is 17.1. The van der Waals surface area contributed by atoms with Crippen molar-refractivity contribution in [1.82, 2.24) is 10.6 Å². The quantitative estimate of drug-likeness (QED) is 0.416. The summed E-state index contributed by atoms with van der Waals surface area (Å²) in [4.78, 5) is 4.37. The van der Waals surface area contributed by atoms with Crippen LogP contribution in [0.15, 0.2) is 35.3 Å². The lowest BCUT2D eigenvalue weighted by Crippen LogP contribution is -2.51. The first-order valence-electron chi connectivity index (χ1n) is 8.80. The highest BCUT2D eigenvalue weighted by molar-refractivity contribution is 14.0. The van der Waals surface area contributed by atoms with Crippen molar-refractivity contribution in [3.63, 3.8) is 0 Å². The molecule has 0 bridgehead atoms. The first kappa shape index (κ1) is 19.5. The van der Waals surface area contributed by atoms with E-state index in [1.54, 1.807) is 0 Å². The zero-order valence-electron chi connectivity index (χ0n) is 14.8. The normalized spacial score (nSPS) is 25.5. The molecule has 24 heavy (non-hydrogen) atoms. The highest BCUT2D eigenvalue weighted by atomic mass is 127. The van der Waals surface area contributed by atoms with Crippen LogP contribution in [0.2, 0.25) is 0 Å². The summed E-state index contributed by atoms with van der Waals surface area (Å²) in [7, 11) is 1.84. The molecular formula is C19H30IN3O. The maximum absolute atomic E-state index is 5.84. The van der Waals surface area contributed by atoms with E-state index in [0.717, 1.165) is 38.5 Å². The van der Waals surface area contributed by atoms with Gasteiger partial charge < -0.3 is 15.4 Å². The minimum atomic E-state index is -0.0504. The molecule has 0 radical (unpaired) electrons. The summed E-state index contributed by atoms with van der Waals surface area (Å²) in [6.45, 7) is 4.80. The Bertz CT molecular complexity index is 537. The largest absolute Gasteiger partial charge is 0.373 e. The van der Waals surface area contributed by atoms with Crippen LogP contribution in [-0.4, -0.2) is 38.3 Å². The Kier molecular flexibility index (Phi) is 6.92. The molecule has 2 N–H and O–H groups in total. The molecule has 0 amide bonds. The van der Waals surface area contributed by atoms with E-state index in [1.807, 2.05) is 7.05 Å². The van der Waals surface area contributed by atoms with Crippen molar-refractivity contribution in [1.29, 1.82) is 0 Å². The van der Waals surface area contributed by atoms with E-state index in [2.05, 4.69) is 52.9 Å². The molecule has 1 saturated heterocycles. The topological polar surface area (TPSA) is 45.7 Å². The number of benzene rings is 1. The van der Waals surface area contributed by atoms with Crippen molar-refractivity contribution in [2.75, 3.05) is 26.7 Å². The summed E-state index contributed by atoms with van der Waals surface area (Å²) in [6, 6.07) is 10.9. The number of nitrogens with one attached hydrogen (secondary N) is 2. The van der Waals surface area contributed by atoms with Gasteiger partial charge in [0.1, 0.15) is 0 Å². The van der Waals surface area contributed by atoms with Gasteiger partial charge in [-0.2, -0.15) is 0 Å². The van der Waals surface area contributed by atoms with Crippen LogP contribution in [-0.2, 0) is 10.2 Å². The van der Waals surface area contributed by atoms with E-state index >= 15 is 0 Å². The summed E-state index contributed by atoms with van der Waals surface area (Å²) in [5, 5.41) is 6.97. The molecule has 1 heterocycles. The summed E-state index contributed by atoms with van der Waals surface area (Å²) in [5.41, 5.74) is 1.66. The Morgan fingerprint density at radius 2 is 1.79 bits per heavy atom. The predicted molar refractivity (Wildman–Crippen MR) is 110 cm³/mol. The van der Waals surface area contributed by atoms with Crippen molar-refractivity contribution in [3.05, 3.63) is 35.9 Å². The molecule has 2 aliphatic rings. The highest BCUT2D eigenvalue weighted by Gasteiger charge is 2.38. The van der Waals surface area contributed by atoms with Crippen LogP contribution in [0.5, 0.6) is 0 Å². The van der Waals surface area contributed by atoms with Gasteiger partial charge in [-0.25, -0.2) is 0 Å². The molecule has 3 rings (SSSR count). The Balaban J connectivity index is 0.00000208. The van der Waals surface area contributed by atoms with E-state index in [-0.39, 0.29) is 35.0 Å². The van der Waals surface area contributed by atoms with E-state index < -0.39 is 0 Å². The molecule has 1 saturated carbocycles. The van der Waals surface area contributed by atoms with Crippen LogP contribution in [0, 0.1) is 0 Å². The van der Waals surface area contributed by atoms with E-state index in [1.165, 1.54) is 24.8 Å². The number of nitrogens with zero attached hydrogens (tertiary/aromatic N) is 1. The second kappa shape index (κ2) is 8.52. The fourth-order valence-corrected chi connectivity index (χ4v) is 3.68. The number of hydrogen-bond donors (Lipinski definition) is 2. The summed E-state index contributed by atoms with van der Waals surface area (Å²) in [6.07, 6.45) is 6.09. The van der Waals surface area contributed by atoms with Crippen molar-refractivity contribution in [2.45, 2.75) is 50.0 Å². The summed E-state index contributed by atoms with van der Waals surface area (Å²) < 4.78 is 5.84. The third kappa shape index (κ3) is 4.42. The van der Waals surface area contributed by atoms with Gasteiger partial charge >= 0.3 is 0 Å². The van der Waals surface area contributed by atoms with Crippen LogP contribution < -0.4 is 10.6 Å². The van der Waals surface area contributed by atoms with E-state index in [9.17, 15) is 0 Å². The zero-order chi connectivity index (χ0) is 16.2. The molecule has 4 nitrogen and oxygen atoms in total. The Morgan fingerprint density at radius 3 is 2.33 bits per heavy atom. The molecular weight excluding hydrogens is 413 g/mol. The predicted octanol–water partition coefficient (Wildman–Crippen LogP) is 3.46. The molecule has 1 aromatic carbocycles. The SMILES string of the molecule is CN=C(NCC1(C)CCCO1)NCC1(c2ccccc2)CCC1.I. The van der Waals surface area contributed by atoms with Crippen LogP contribution in [0.25, 0.3) is 0 Å². The molecule has 2 fully saturated rings. The van der Waals surface area contributed by atoms with Crippen LogP contribution in [0.4, 0.5) is 0 Å². The Morgan fingerprint density at radius 1 is 1.08 bits per heavy atom. The number of hydrogen-bond acceptors (Lipinski definition) is 2. The highest BCUT2D eigenvalue weighted by Crippen LogP contribution is 2.43. The molecule has 5 heteroatoms. The van der Waals surface area contributed by atoms with Crippen LogP contribution >= 0.6 is 24.0 Å². The van der Waals surface area contributed by atoms with Gasteiger partial charge in [0.15, 0.2) is 5.96 Å². The third-order valence-corrected chi connectivity index (χ3v) is 5.44. The maximum atomic E-state index is 5.84. The third-order valence-electron chi connectivity index (χ3n) is 5.44. The minimum Gasteiger partial charge on any atom is -0.373 e. The van der Waals surface area contributed by atoms with Gasteiger partial charge in [0.2, 0.25) is 0 Å². The molecule has 0 aromatic heterocycles. The smallest absolute Gasteiger partial charge is 0.191 e. The van der Waals surface area contributed by atoms with Gasteiger partial charge in [-0.3, -0.25) is 4.99 Å². The van der Waals surface area contributed by atoms with Gasteiger partial charge in [0, 0.05) is 32.2 Å². The summed E-state index contributed by atoms with van der Waals surface area (Å²) in [5.74, 6) is 0.879. The van der Waals surface area contributed by atoms with Crippen molar-refractivity contribution in [2.24, 2.45) is 4.99 Å². The second-order valence-electron chi connectivity index (χ2n) is 7.18. The summed E-state index contributed by atoms with van der Waals surface area (Å²) >= 11 is 0. The number of guanidine groups is 1. The van der Waals surface area contributed by atoms with Crippen molar-refractivity contribution >= 4 is 29.9 Å². The maximum Gasteiger partial charge on any atom is 0.191 e. The molecule has 134 valence electrons. The fraction of sp³-hybridized carbons (Fsp3) is 0.632. The van der Waals surface area contributed by atoms with Crippen molar-refractivity contribution < 1.29 is 4.74 Å². The lowest BCUT2D eigenvalue weighted by atomic mass is 9.64. The fourth-order valence-electron chi connectivity index (χ4n) is 3.68. The van der Waals surface area contributed by atoms with Gasteiger partial charge in [-0.15, -0.1) is 24.0 Å². The molecule has 1 unspecified atom stereocenters. The standard InChI is InChI=1S/C19H29N3O.HI/c1-18(10-7-13-23-18)14-21-17(20-2)22-15-19(11-6-12-19)16-8-4-3-5-9-16;/h3-5,8-9H,6-7,10-15H2,1-2H3,(H2,20,21,22);1H. The Hall–Kier alpha value is -0.820. The lowest BCUT2D eigenvalue weighted by molar-refractivity contribution is 0.0242. The van der Waals surface area contributed by atoms with Gasteiger partial charge in [-0.05, 0) is 38.2 Å². The molecule has 1 aromatic rings. The lowest BCUT2D eigenvalue weighted by Gasteiger charge is -2.43. The van der Waals surface area contributed by atoms with E-state index in [0.29, 0.717) is 0 Å². The monoisotopic (exact) mass is 443 g/mol. The van der Waals surface area contributed by atoms with Gasteiger partial charge in [0.25, 0.3) is 0 Å². The Labute approximate surface area is 162 Å². The first-order chi connectivity index (χ1) is 11.2. The second-order valence-corrected chi connectivity index (χ2v) is 7.18. The first-order valence-corrected chi connectivity index (χ1v) is 8.80. The van der Waals surface area contributed by atoms with Gasteiger partial charge in [-0.1, -0.05) is 36.8 Å². The van der Waals surface area contributed by atoms with Gasteiger partial charge in [0.05, 0.1) is 5.60 Å². The van der Waals surface area contributed by atoms with Crippen molar-refractivity contribution in [3.8, 4) is 0 Å². The number of ether oxygens (including phenoxy) is 1. The van der Waals surface area contributed by atoms with Crippen LogP contribution in [0.1, 0.15) is 44.6 Å². The number of aliphatic imine (C=N–C) groups is 1. The molecule has 0 spiro atoms. The molecule has 1 aliphatic carbocycles. The number of halogens is 1.